The van der Waals surface area contributed by atoms with E-state index >= 15 is 0 Å². The highest BCUT2D eigenvalue weighted by Gasteiger charge is 2.37. The highest BCUT2D eigenvalue weighted by atomic mass is 32.2. The molecule has 12 heteroatoms. The second-order valence-electron chi connectivity index (χ2n) is 12.8. The van der Waals surface area contributed by atoms with Gasteiger partial charge in [-0.25, -0.2) is 21.6 Å². The lowest BCUT2D eigenvalue weighted by Gasteiger charge is -2.27. The summed E-state index contributed by atoms with van der Waals surface area (Å²) in [5.41, 5.74) is 3.47. The fraction of sp³-hybridized carbons (Fsp3) is 0.576. The van der Waals surface area contributed by atoms with Crippen LogP contribution >= 0.6 is 0 Å². The first kappa shape index (κ1) is 35.1. The van der Waals surface area contributed by atoms with E-state index in [2.05, 4.69) is 10.2 Å². The molecular weight excluding hydrogens is 617 g/mol. The SMILES string of the molecule is Cc1ccccc1-c1cc(CN2C[C@@H](S(C)(=O)=O)C[C@@H]2COCC2CCCCC2)ccc1C(=O)N[C@H](CCS(C)(=O)=O)C(=O)O. The molecule has 2 fully saturated rings. The van der Waals surface area contributed by atoms with Crippen molar-refractivity contribution in [2.45, 2.75) is 75.7 Å². The number of carbonyl (C=O) groups excluding carboxylic acids is 1. The monoisotopic (exact) mass is 662 g/mol. The zero-order valence-corrected chi connectivity index (χ0v) is 28.0. The van der Waals surface area contributed by atoms with E-state index in [1.165, 1.54) is 38.4 Å². The summed E-state index contributed by atoms with van der Waals surface area (Å²) in [4.78, 5) is 27.5. The Morgan fingerprint density at radius 1 is 1.00 bits per heavy atom. The smallest absolute Gasteiger partial charge is 0.326 e. The summed E-state index contributed by atoms with van der Waals surface area (Å²) >= 11 is 0. The summed E-state index contributed by atoms with van der Waals surface area (Å²) in [6, 6.07) is 11.5. The van der Waals surface area contributed by atoms with Crippen LogP contribution in [0.25, 0.3) is 11.1 Å². The fourth-order valence-electron chi connectivity index (χ4n) is 6.39. The van der Waals surface area contributed by atoms with Crippen molar-refractivity contribution in [3.8, 4) is 11.1 Å². The van der Waals surface area contributed by atoms with Crippen LogP contribution in [0.15, 0.2) is 42.5 Å². The lowest BCUT2D eigenvalue weighted by molar-refractivity contribution is -0.139. The van der Waals surface area contributed by atoms with Crippen molar-refractivity contribution in [1.29, 1.82) is 0 Å². The van der Waals surface area contributed by atoms with Crippen molar-refractivity contribution >= 4 is 31.6 Å². The molecule has 2 aromatic rings. The number of carboxylic acid groups (broad SMARTS) is 1. The molecule has 0 radical (unpaired) electrons. The molecule has 2 N–H and O–H groups in total. The van der Waals surface area contributed by atoms with Gasteiger partial charge in [0.25, 0.3) is 5.91 Å². The lowest BCUT2D eigenvalue weighted by Crippen LogP contribution is -2.42. The predicted molar refractivity (Wildman–Crippen MR) is 175 cm³/mol. The first-order valence-corrected chi connectivity index (χ1v) is 19.6. The van der Waals surface area contributed by atoms with Crippen LogP contribution in [0.5, 0.6) is 0 Å². The van der Waals surface area contributed by atoms with E-state index in [4.69, 9.17) is 4.74 Å². The third kappa shape index (κ3) is 10.1. The van der Waals surface area contributed by atoms with Crippen LogP contribution in [0.4, 0.5) is 0 Å². The molecule has 10 nitrogen and oxygen atoms in total. The van der Waals surface area contributed by atoms with E-state index in [9.17, 15) is 31.5 Å². The number of rotatable bonds is 14. The van der Waals surface area contributed by atoms with Crippen molar-refractivity contribution in [2.75, 3.05) is 38.0 Å². The molecule has 0 spiro atoms. The number of aryl methyl sites for hydroxylation is 1. The molecule has 4 rings (SSSR count). The molecule has 3 atom stereocenters. The Morgan fingerprint density at radius 3 is 2.36 bits per heavy atom. The summed E-state index contributed by atoms with van der Waals surface area (Å²) in [5.74, 6) is -1.74. The van der Waals surface area contributed by atoms with Gasteiger partial charge in [-0.05, 0) is 72.9 Å². The van der Waals surface area contributed by atoms with Crippen LogP contribution in [0, 0.1) is 12.8 Å². The molecule has 1 aliphatic carbocycles. The van der Waals surface area contributed by atoms with Crippen molar-refractivity contribution in [2.24, 2.45) is 5.92 Å². The number of carboxylic acids is 1. The number of hydrogen-bond acceptors (Lipinski definition) is 8. The molecule has 1 saturated heterocycles. The number of benzene rings is 2. The zero-order chi connectivity index (χ0) is 32.8. The Morgan fingerprint density at radius 2 is 1.71 bits per heavy atom. The molecule has 1 aliphatic heterocycles. The van der Waals surface area contributed by atoms with Crippen LogP contribution in [0.3, 0.4) is 0 Å². The Hall–Kier alpha value is -2.80. The molecule has 248 valence electrons. The van der Waals surface area contributed by atoms with Crippen molar-refractivity contribution in [3.05, 3.63) is 59.2 Å². The van der Waals surface area contributed by atoms with E-state index < -0.39 is 42.8 Å². The second-order valence-corrected chi connectivity index (χ2v) is 17.4. The number of hydrogen-bond donors (Lipinski definition) is 2. The maximum atomic E-state index is 13.5. The van der Waals surface area contributed by atoms with E-state index in [1.54, 1.807) is 12.1 Å². The fourth-order valence-corrected chi connectivity index (χ4v) is 8.08. The summed E-state index contributed by atoms with van der Waals surface area (Å²) in [7, 11) is -6.67. The van der Waals surface area contributed by atoms with Gasteiger partial charge in [0, 0.05) is 43.8 Å². The number of sulfone groups is 2. The average Bonchev–Trinajstić information content (AvgIpc) is 3.38. The molecular formula is C33H46N2O8S2. The molecule has 2 aromatic carbocycles. The topological polar surface area (TPSA) is 147 Å². The maximum Gasteiger partial charge on any atom is 0.326 e. The molecule has 1 heterocycles. The van der Waals surface area contributed by atoms with Gasteiger partial charge in [0.15, 0.2) is 9.84 Å². The first-order valence-electron chi connectivity index (χ1n) is 15.6. The van der Waals surface area contributed by atoms with Gasteiger partial charge in [0.05, 0.1) is 17.6 Å². The van der Waals surface area contributed by atoms with Gasteiger partial charge in [-0.1, -0.05) is 49.6 Å². The second kappa shape index (κ2) is 15.2. The third-order valence-electron chi connectivity index (χ3n) is 9.01. The standard InChI is InChI=1S/C33H46N2O8S2/c1-23-9-7-8-12-28(23)30-17-25(13-14-29(30)32(36)34-31(33(37)38)15-16-44(2,39)40)19-35-20-27(45(3,41)42)18-26(35)22-43-21-24-10-5-4-6-11-24/h7-9,12-14,17,24,26-27,31H,4-6,10-11,15-16,18-22H2,1-3H3,(H,34,36)(H,37,38)/t26-,27+,31-/m1/s1. The van der Waals surface area contributed by atoms with Crippen LogP contribution in [0.1, 0.15) is 66.4 Å². The predicted octanol–water partition coefficient (Wildman–Crippen LogP) is 3.86. The Kier molecular flexibility index (Phi) is 11.8. The number of amides is 1. The van der Waals surface area contributed by atoms with Gasteiger partial charge in [0.2, 0.25) is 0 Å². The van der Waals surface area contributed by atoms with E-state index in [1.807, 2.05) is 37.3 Å². The Bertz CT molecular complexity index is 1570. The average molecular weight is 663 g/mol. The number of nitrogens with zero attached hydrogens (tertiary/aromatic N) is 1. The highest BCUT2D eigenvalue weighted by Crippen LogP contribution is 2.31. The van der Waals surface area contributed by atoms with Crippen LogP contribution in [0.2, 0.25) is 0 Å². The zero-order valence-electron chi connectivity index (χ0n) is 26.4. The quantitative estimate of drug-likeness (QED) is 0.308. The van der Waals surface area contributed by atoms with Gasteiger partial charge >= 0.3 is 5.97 Å². The number of nitrogens with one attached hydrogen (secondary N) is 1. The van der Waals surface area contributed by atoms with Crippen LogP contribution in [-0.2, 0) is 35.8 Å². The van der Waals surface area contributed by atoms with Crippen molar-refractivity contribution in [1.82, 2.24) is 10.2 Å². The molecule has 0 unspecified atom stereocenters. The molecule has 2 aliphatic rings. The first-order chi connectivity index (χ1) is 21.2. The summed E-state index contributed by atoms with van der Waals surface area (Å²) in [6.45, 7) is 3.91. The number of ether oxygens (including phenoxy) is 1. The van der Waals surface area contributed by atoms with Crippen LogP contribution < -0.4 is 5.32 Å². The summed E-state index contributed by atoms with van der Waals surface area (Å²) in [5, 5.41) is 11.7. The van der Waals surface area contributed by atoms with Crippen molar-refractivity contribution in [3.63, 3.8) is 0 Å². The van der Waals surface area contributed by atoms with Gasteiger partial charge in [-0.15, -0.1) is 0 Å². The molecule has 45 heavy (non-hydrogen) atoms. The van der Waals surface area contributed by atoms with Gasteiger partial charge in [-0.3, -0.25) is 9.69 Å². The van der Waals surface area contributed by atoms with E-state index in [-0.39, 0.29) is 23.8 Å². The minimum absolute atomic E-state index is 0.0654. The minimum Gasteiger partial charge on any atom is -0.480 e. The lowest BCUT2D eigenvalue weighted by atomic mass is 9.90. The number of carbonyl (C=O) groups is 2. The Labute approximate surface area is 267 Å². The maximum absolute atomic E-state index is 13.5. The molecule has 1 saturated carbocycles. The normalized spacial score (nSPS) is 20.6. The largest absolute Gasteiger partial charge is 0.480 e. The van der Waals surface area contributed by atoms with E-state index in [0.29, 0.717) is 44.2 Å². The molecule has 1 amide bonds. The number of aliphatic carboxylic acids is 1. The minimum atomic E-state index is -3.42. The Balaban J connectivity index is 1.58. The van der Waals surface area contributed by atoms with Crippen LogP contribution in [-0.4, -0.2) is 94.1 Å². The summed E-state index contributed by atoms with van der Waals surface area (Å²) < 4.78 is 54.6. The molecule has 0 aromatic heterocycles. The number of likely N-dealkylation sites (tertiary alicyclic amines) is 1. The highest BCUT2D eigenvalue weighted by molar-refractivity contribution is 7.91. The van der Waals surface area contributed by atoms with Crippen molar-refractivity contribution < 1.29 is 36.3 Å². The van der Waals surface area contributed by atoms with Gasteiger partial charge in [0.1, 0.15) is 15.9 Å². The van der Waals surface area contributed by atoms with Gasteiger partial charge < -0.3 is 15.2 Å². The van der Waals surface area contributed by atoms with E-state index in [0.717, 1.165) is 22.9 Å². The third-order valence-corrected chi connectivity index (χ3v) is 11.5. The summed E-state index contributed by atoms with van der Waals surface area (Å²) in [6.07, 6.45) is 8.64. The van der Waals surface area contributed by atoms with Gasteiger partial charge in [-0.2, -0.15) is 0 Å². The molecule has 0 bridgehead atoms.